The van der Waals surface area contributed by atoms with Crippen LogP contribution in [0.1, 0.15) is 26.4 Å². The van der Waals surface area contributed by atoms with E-state index in [1.165, 1.54) is 4.90 Å². The molecule has 1 aromatic heterocycles. The number of carbonyl (C=O) groups is 2. The summed E-state index contributed by atoms with van der Waals surface area (Å²) in [6.45, 7) is 0.835. The normalized spacial score (nSPS) is 20.3. The summed E-state index contributed by atoms with van der Waals surface area (Å²) >= 11 is 1.02. The number of nitrogens with one attached hydrogen (secondary N) is 1. The summed E-state index contributed by atoms with van der Waals surface area (Å²) in [7, 11) is -4.67. The molecule has 12 heteroatoms. The topological polar surface area (TPSA) is 146 Å². The van der Waals surface area contributed by atoms with Gasteiger partial charge in [0.1, 0.15) is 6.04 Å². The zero-order valence-corrected chi connectivity index (χ0v) is 12.9. The van der Waals surface area contributed by atoms with E-state index in [-0.39, 0.29) is 24.6 Å². The van der Waals surface area contributed by atoms with Crippen LogP contribution in [0.3, 0.4) is 0 Å². The van der Waals surface area contributed by atoms with Crippen molar-refractivity contribution in [1.82, 2.24) is 19.5 Å². The second-order valence-electron chi connectivity index (χ2n) is 4.83. The molecule has 1 atom stereocenters. The summed E-state index contributed by atoms with van der Waals surface area (Å²) in [5.74, 6) is -0.402. The molecule has 2 aliphatic rings. The minimum absolute atomic E-state index is 0.108. The van der Waals surface area contributed by atoms with Crippen molar-refractivity contribution in [3.8, 4) is 0 Å². The molecule has 22 heavy (non-hydrogen) atoms. The number of thiazole rings is 1. The standard InChI is InChI=1S/C10H13N5O5S2/c11-1-2-12-8(16)9-13-5-3-14-4-6(7(5)21-9)15(10(14)17)22(18,19)20/h6H,1-4,11H2,(H,12,16)(H,18,19,20). The summed E-state index contributed by atoms with van der Waals surface area (Å²) in [6.07, 6.45) is 0. The number of rotatable bonds is 4. The zero-order valence-electron chi connectivity index (χ0n) is 11.2. The van der Waals surface area contributed by atoms with E-state index in [9.17, 15) is 22.6 Å². The third kappa shape index (κ3) is 2.33. The van der Waals surface area contributed by atoms with Crippen LogP contribution in [0.2, 0.25) is 0 Å². The minimum atomic E-state index is -4.67. The van der Waals surface area contributed by atoms with Crippen LogP contribution in [0, 0.1) is 0 Å². The molecule has 3 rings (SSSR count). The van der Waals surface area contributed by atoms with Gasteiger partial charge in [0.05, 0.1) is 17.1 Å². The van der Waals surface area contributed by atoms with Crippen LogP contribution in [0.25, 0.3) is 0 Å². The van der Waals surface area contributed by atoms with Gasteiger partial charge >= 0.3 is 16.3 Å². The second-order valence-corrected chi connectivity index (χ2v) is 7.15. The smallest absolute Gasteiger partial charge is 0.349 e. The van der Waals surface area contributed by atoms with Gasteiger partial charge in [0.15, 0.2) is 5.01 Å². The van der Waals surface area contributed by atoms with E-state index in [0.717, 1.165) is 11.3 Å². The van der Waals surface area contributed by atoms with Gasteiger partial charge in [-0.2, -0.15) is 12.7 Å². The Morgan fingerprint density at radius 3 is 2.91 bits per heavy atom. The van der Waals surface area contributed by atoms with Gasteiger partial charge in [0.2, 0.25) is 0 Å². The molecule has 3 amide bonds. The molecule has 0 spiro atoms. The number of carbonyl (C=O) groups excluding carboxylic acids is 2. The van der Waals surface area contributed by atoms with Crippen molar-refractivity contribution >= 4 is 33.6 Å². The van der Waals surface area contributed by atoms with E-state index < -0.39 is 28.3 Å². The van der Waals surface area contributed by atoms with E-state index in [2.05, 4.69) is 10.3 Å². The Balaban J connectivity index is 1.95. The van der Waals surface area contributed by atoms with E-state index in [4.69, 9.17) is 5.73 Å². The van der Waals surface area contributed by atoms with Gasteiger partial charge in [-0.25, -0.2) is 9.78 Å². The lowest BCUT2D eigenvalue weighted by atomic mass is 10.1. The highest BCUT2D eigenvalue weighted by atomic mass is 32.2. The maximum absolute atomic E-state index is 12.0. The first-order valence-electron chi connectivity index (χ1n) is 6.36. The van der Waals surface area contributed by atoms with Gasteiger partial charge in [0, 0.05) is 19.6 Å². The van der Waals surface area contributed by atoms with Crippen LogP contribution < -0.4 is 11.1 Å². The largest absolute Gasteiger partial charge is 0.364 e. The van der Waals surface area contributed by atoms with Crippen molar-refractivity contribution in [2.45, 2.75) is 12.6 Å². The van der Waals surface area contributed by atoms with Crippen LogP contribution in [-0.4, -0.2) is 58.7 Å². The fourth-order valence-corrected chi connectivity index (χ4v) is 4.44. The molecule has 1 saturated heterocycles. The van der Waals surface area contributed by atoms with Crippen LogP contribution in [0.15, 0.2) is 0 Å². The number of hydrogen-bond acceptors (Lipinski definition) is 7. The molecule has 2 aliphatic heterocycles. The lowest BCUT2D eigenvalue weighted by Gasteiger charge is -2.20. The van der Waals surface area contributed by atoms with Gasteiger partial charge in [-0.1, -0.05) is 0 Å². The van der Waals surface area contributed by atoms with Gasteiger partial charge < -0.3 is 16.0 Å². The Hall–Kier alpha value is -1.76. The van der Waals surface area contributed by atoms with E-state index in [1.54, 1.807) is 0 Å². The summed E-state index contributed by atoms with van der Waals surface area (Å²) in [6, 6.07) is -1.63. The van der Waals surface area contributed by atoms with Crippen molar-refractivity contribution in [3.63, 3.8) is 0 Å². The molecule has 0 aromatic carbocycles. The Kier molecular flexibility index (Phi) is 3.55. The first-order valence-corrected chi connectivity index (χ1v) is 8.58. The lowest BCUT2D eigenvalue weighted by Crippen LogP contribution is -2.35. The van der Waals surface area contributed by atoms with E-state index in [0.29, 0.717) is 21.4 Å². The predicted molar refractivity (Wildman–Crippen MR) is 75.4 cm³/mol. The molecule has 120 valence electrons. The van der Waals surface area contributed by atoms with Crippen LogP contribution in [-0.2, 0) is 16.8 Å². The van der Waals surface area contributed by atoms with Crippen LogP contribution >= 0.6 is 11.3 Å². The molecule has 10 nitrogen and oxygen atoms in total. The number of amides is 3. The third-order valence-electron chi connectivity index (χ3n) is 3.38. The third-order valence-corrected chi connectivity index (χ3v) is 5.48. The lowest BCUT2D eigenvalue weighted by molar-refractivity contribution is 0.0954. The van der Waals surface area contributed by atoms with Crippen molar-refractivity contribution in [2.75, 3.05) is 19.6 Å². The monoisotopic (exact) mass is 347 g/mol. The minimum Gasteiger partial charge on any atom is -0.349 e. The highest BCUT2D eigenvalue weighted by Gasteiger charge is 2.50. The number of nitrogens with two attached hydrogens (primary N) is 1. The number of nitrogens with zero attached hydrogens (tertiary/aromatic N) is 3. The van der Waals surface area contributed by atoms with Gasteiger partial charge in [-0.05, 0) is 0 Å². The fraction of sp³-hybridized carbons (Fsp3) is 0.500. The van der Waals surface area contributed by atoms with Gasteiger partial charge in [-0.3, -0.25) is 9.35 Å². The molecule has 1 unspecified atom stereocenters. The molecule has 0 saturated carbocycles. The number of fused-ring (bicyclic) bond motifs is 4. The summed E-state index contributed by atoms with van der Waals surface area (Å²) in [5.41, 5.74) is 5.78. The van der Waals surface area contributed by atoms with Gasteiger partial charge in [0.25, 0.3) is 5.91 Å². The Morgan fingerprint density at radius 2 is 2.27 bits per heavy atom. The Labute approximate surface area is 129 Å². The van der Waals surface area contributed by atoms with Crippen LogP contribution in [0.5, 0.6) is 0 Å². The SMILES string of the molecule is NCCNC(=O)c1nc2c(s1)C1CN(C2)C(=O)N1S(=O)(=O)O. The summed E-state index contributed by atoms with van der Waals surface area (Å²) in [4.78, 5) is 29.8. The molecule has 0 aliphatic carbocycles. The highest BCUT2D eigenvalue weighted by molar-refractivity contribution is 7.84. The summed E-state index contributed by atoms with van der Waals surface area (Å²) in [5, 5.41) is 2.75. The molecule has 4 N–H and O–H groups in total. The number of aromatic nitrogens is 1. The quantitative estimate of drug-likeness (QED) is 0.588. The predicted octanol–water partition coefficient (Wildman–Crippen LogP) is -1.07. The zero-order chi connectivity index (χ0) is 16.1. The Morgan fingerprint density at radius 1 is 1.55 bits per heavy atom. The molecule has 0 radical (unpaired) electrons. The van der Waals surface area contributed by atoms with E-state index in [1.807, 2.05) is 0 Å². The Bertz CT molecular complexity index is 745. The van der Waals surface area contributed by atoms with Crippen molar-refractivity contribution in [2.24, 2.45) is 5.73 Å². The molecular formula is C10H13N5O5S2. The summed E-state index contributed by atoms with van der Waals surface area (Å²) < 4.78 is 32.5. The second kappa shape index (κ2) is 5.15. The first-order chi connectivity index (χ1) is 10.3. The van der Waals surface area contributed by atoms with Gasteiger partial charge in [-0.15, -0.1) is 11.3 Å². The fourth-order valence-electron chi connectivity index (χ4n) is 2.49. The molecule has 1 aromatic rings. The highest BCUT2D eigenvalue weighted by Crippen LogP contribution is 2.41. The van der Waals surface area contributed by atoms with Crippen molar-refractivity contribution < 1.29 is 22.6 Å². The van der Waals surface area contributed by atoms with E-state index >= 15 is 0 Å². The van der Waals surface area contributed by atoms with Crippen molar-refractivity contribution in [1.29, 1.82) is 0 Å². The van der Waals surface area contributed by atoms with Crippen LogP contribution in [0.4, 0.5) is 4.79 Å². The maximum Gasteiger partial charge on any atom is 0.364 e. The average molecular weight is 347 g/mol. The molecular weight excluding hydrogens is 334 g/mol. The molecule has 3 heterocycles. The molecule has 1 fully saturated rings. The first kappa shape index (κ1) is 15.1. The number of urea groups is 1. The number of hydrogen-bond donors (Lipinski definition) is 3. The molecule has 2 bridgehead atoms. The average Bonchev–Trinajstić information content (AvgIpc) is 2.97. The maximum atomic E-state index is 12.0. The van der Waals surface area contributed by atoms with Crippen molar-refractivity contribution in [3.05, 3.63) is 15.6 Å².